The van der Waals surface area contributed by atoms with E-state index in [1.165, 1.54) is 19.9 Å². The highest BCUT2D eigenvalue weighted by Crippen LogP contribution is 2.03. The molecule has 0 aromatic carbocycles. The second-order valence-electron chi connectivity index (χ2n) is 1.80. The highest BCUT2D eigenvalue weighted by Gasteiger charge is 1.99. The summed E-state index contributed by atoms with van der Waals surface area (Å²) in [5.74, 6) is -0.822. The van der Waals surface area contributed by atoms with Gasteiger partial charge in [0.05, 0.1) is 5.70 Å². The topological polar surface area (TPSA) is 29.1 Å². The Hall–Kier alpha value is -1.12. The Kier molecular flexibility index (Phi) is 3.39. The standard InChI is InChI=1S/C7H10FNO/c1-4-7(8)5(2)9-6(3)10/h4H,2H2,1,3H3,(H,9,10)/b7-4+. The van der Waals surface area contributed by atoms with Gasteiger partial charge in [-0.2, -0.15) is 0 Å². The Labute approximate surface area is 59.4 Å². The van der Waals surface area contributed by atoms with Gasteiger partial charge >= 0.3 is 0 Å². The summed E-state index contributed by atoms with van der Waals surface area (Å²) in [6.07, 6.45) is 1.23. The van der Waals surface area contributed by atoms with Crippen LogP contribution >= 0.6 is 0 Å². The van der Waals surface area contributed by atoms with Crippen LogP contribution in [0.3, 0.4) is 0 Å². The Morgan fingerprint density at radius 1 is 1.70 bits per heavy atom. The zero-order valence-corrected chi connectivity index (χ0v) is 6.07. The number of carbonyl (C=O) groups excluding carboxylic acids is 1. The van der Waals surface area contributed by atoms with Crippen molar-refractivity contribution in [3.63, 3.8) is 0 Å². The maximum absolute atomic E-state index is 12.4. The predicted octanol–water partition coefficient (Wildman–Crippen LogP) is 1.51. The molecule has 0 atom stereocenters. The van der Waals surface area contributed by atoms with Crippen molar-refractivity contribution >= 4 is 5.91 Å². The predicted molar refractivity (Wildman–Crippen MR) is 37.8 cm³/mol. The summed E-state index contributed by atoms with van der Waals surface area (Å²) in [7, 11) is 0. The van der Waals surface area contributed by atoms with Crippen molar-refractivity contribution in [1.82, 2.24) is 5.32 Å². The number of nitrogens with one attached hydrogen (secondary N) is 1. The molecule has 0 fully saturated rings. The maximum atomic E-state index is 12.4. The molecule has 0 aliphatic carbocycles. The average Bonchev–Trinajstić information content (AvgIpc) is 1.85. The van der Waals surface area contributed by atoms with Crippen molar-refractivity contribution in [2.45, 2.75) is 13.8 Å². The molecule has 0 aliphatic rings. The average molecular weight is 143 g/mol. The minimum Gasteiger partial charge on any atom is -0.324 e. The highest BCUT2D eigenvalue weighted by atomic mass is 19.1. The van der Waals surface area contributed by atoms with Crippen molar-refractivity contribution < 1.29 is 9.18 Å². The van der Waals surface area contributed by atoms with Crippen LogP contribution in [0.2, 0.25) is 0 Å². The fraction of sp³-hybridized carbons (Fsp3) is 0.286. The van der Waals surface area contributed by atoms with Gasteiger partial charge in [0.15, 0.2) is 0 Å². The van der Waals surface area contributed by atoms with Gasteiger partial charge in [-0.3, -0.25) is 4.79 Å². The lowest BCUT2D eigenvalue weighted by molar-refractivity contribution is -0.118. The second-order valence-corrected chi connectivity index (χ2v) is 1.80. The van der Waals surface area contributed by atoms with Gasteiger partial charge in [-0.15, -0.1) is 0 Å². The molecule has 0 radical (unpaired) electrons. The van der Waals surface area contributed by atoms with Crippen LogP contribution in [0.1, 0.15) is 13.8 Å². The minimum absolute atomic E-state index is 0.00926. The molecular formula is C7H10FNO. The molecule has 0 aromatic rings. The fourth-order valence-corrected chi connectivity index (χ4v) is 0.446. The maximum Gasteiger partial charge on any atom is 0.221 e. The minimum atomic E-state index is -0.504. The van der Waals surface area contributed by atoms with E-state index in [4.69, 9.17) is 0 Å². The highest BCUT2D eigenvalue weighted by molar-refractivity contribution is 5.75. The first-order valence-electron chi connectivity index (χ1n) is 2.86. The molecule has 1 amide bonds. The summed E-state index contributed by atoms with van der Waals surface area (Å²) in [4.78, 5) is 10.3. The van der Waals surface area contributed by atoms with Crippen LogP contribution in [0, 0.1) is 0 Å². The van der Waals surface area contributed by atoms with Crippen molar-refractivity contribution in [1.29, 1.82) is 0 Å². The molecule has 3 heteroatoms. The molecule has 1 N–H and O–H groups in total. The summed E-state index contributed by atoms with van der Waals surface area (Å²) >= 11 is 0. The summed E-state index contributed by atoms with van der Waals surface area (Å²) in [6.45, 7) is 6.12. The molecule has 0 bridgehead atoms. The van der Waals surface area contributed by atoms with E-state index in [1.54, 1.807) is 0 Å². The summed E-state index contributed by atoms with van der Waals surface area (Å²) < 4.78 is 12.4. The molecule has 0 saturated heterocycles. The molecule has 10 heavy (non-hydrogen) atoms. The van der Waals surface area contributed by atoms with Gasteiger partial charge in [0.1, 0.15) is 5.83 Å². The Morgan fingerprint density at radius 2 is 2.20 bits per heavy atom. The van der Waals surface area contributed by atoms with Crippen LogP contribution in [0.15, 0.2) is 24.2 Å². The molecule has 56 valence electrons. The lowest BCUT2D eigenvalue weighted by Crippen LogP contribution is -2.18. The monoisotopic (exact) mass is 143 g/mol. The zero-order valence-electron chi connectivity index (χ0n) is 6.07. The van der Waals surface area contributed by atoms with Crippen LogP contribution in [0.5, 0.6) is 0 Å². The van der Waals surface area contributed by atoms with Gasteiger partial charge in [0, 0.05) is 6.92 Å². The number of amides is 1. The van der Waals surface area contributed by atoms with Crippen LogP contribution in [-0.4, -0.2) is 5.91 Å². The largest absolute Gasteiger partial charge is 0.324 e. The Balaban J connectivity index is 3.99. The summed E-state index contributed by atoms with van der Waals surface area (Å²) in [5.41, 5.74) is 0.00926. The fourth-order valence-electron chi connectivity index (χ4n) is 0.446. The van der Waals surface area contributed by atoms with E-state index in [2.05, 4.69) is 11.9 Å². The quantitative estimate of drug-likeness (QED) is 0.583. The van der Waals surface area contributed by atoms with Crippen molar-refractivity contribution in [2.24, 2.45) is 0 Å². The zero-order chi connectivity index (χ0) is 8.15. The smallest absolute Gasteiger partial charge is 0.221 e. The lowest BCUT2D eigenvalue weighted by Gasteiger charge is -2.00. The van der Waals surface area contributed by atoms with Gasteiger partial charge in [0.25, 0.3) is 0 Å². The van der Waals surface area contributed by atoms with Crippen molar-refractivity contribution in [3.8, 4) is 0 Å². The van der Waals surface area contributed by atoms with Crippen LogP contribution in [0.25, 0.3) is 0 Å². The molecule has 0 unspecified atom stereocenters. The van der Waals surface area contributed by atoms with E-state index in [9.17, 15) is 9.18 Å². The molecule has 0 aromatic heterocycles. The van der Waals surface area contributed by atoms with Crippen LogP contribution in [-0.2, 0) is 4.79 Å². The van der Waals surface area contributed by atoms with Crippen molar-refractivity contribution in [3.05, 3.63) is 24.2 Å². The number of rotatable bonds is 2. The van der Waals surface area contributed by atoms with Gasteiger partial charge in [-0.05, 0) is 13.0 Å². The van der Waals surface area contributed by atoms with E-state index in [0.29, 0.717) is 0 Å². The lowest BCUT2D eigenvalue weighted by atomic mass is 10.4. The van der Waals surface area contributed by atoms with Crippen molar-refractivity contribution in [2.75, 3.05) is 0 Å². The molecule has 0 heterocycles. The molecule has 0 rings (SSSR count). The molecule has 0 aliphatic heterocycles. The number of hydrogen-bond acceptors (Lipinski definition) is 1. The normalized spacial score (nSPS) is 10.9. The molecular weight excluding hydrogens is 133 g/mol. The third-order valence-electron chi connectivity index (χ3n) is 0.869. The first kappa shape index (κ1) is 8.88. The molecule has 0 saturated carbocycles. The van der Waals surface area contributed by atoms with E-state index in [1.807, 2.05) is 0 Å². The number of allylic oxidation sites excluding steroid dienone is 2. The Bertz CT molecular complexity index is 184. The molecule has 2 nitrogen and oxygen atoms in total. The van der Waals surface area contributed by atoms with E-state index >= 15 is 0 Å². The second kappa shape index (κ2) is 3.82. The first-order valence-corrected chi connectivity index (χ1v) is 2.86. The van der Waals surface area contributed by atoms with E-state index in [0.717, 1.165) is 0 Å². The SMILES string of the molecule is C=C(NC(C)=O)/C(F)=C\C. The van der Waals surface area contributed by atoms with E-state index in [-0.39, 0.29) is 11.6 Å². The van der Waals surface area contributed by atoms with Crippen LogP contribution < -0.4 is 5.32 Å². The van der Waals surface area contributed by atoms with Crippen LogP contribution in [0.4, 0.5) is 4.39 Å². The number of halogens is 1. The summed E-state index contributed by atoms with van der Waals surface area (Å²) in [6, 6.07) is 0. The molecule has 0 spiro atoms. The third-order valence-corrected chi connectivity index (χ3v) is 0.869. The first-order chi connectivity index (χ1) is 4.57. The third kappa shape index (κ3) is 3.02. The van der Waals surface area contributed by atoms with E-state index < -0.39 is 5.83 Å². The van der Waals surface area contributed by atoms with Gasteiger partial charge in [0.2, 0.25) is 5.91 Å². The van der Waals surface area contributed by atoms with Gasteiger partial charge in [-0.25, -0.2) is 4.39 Å². The van der Waals surface area contributed by atoms with Gasteiger partial charge < -0.3 is 5.32 Å². The Morgan fingerprint density at radius 3 is 2.50 bits per heavy atom. The number of hydrogen-bond donors (Lipinski definition) is 1. The summed E-state index contributed by atoms with van der Waals surface area (Å²) in [5, 5.41) is 2.22. The number of carbonyl (C=O) groups is 1. The van der Waals surface area contributed by atoms with Gasteiger partial charge in [-0.1, -0.05) is 6.58 Å².